The number of nitrogens with zero attached hydrogens (tertiary/aromatic N) is 2. The minimum Gasteiger partial charge on any atom is -0.382 e. The quantitative estimate of drug-likeness (QED) is 0.261. The third-order valence-electron chi connectivity index (χ3n) is 4.08. The van der Waals surface area contributed by atoms with Crippen molar-refractivity contribution in [1.29, 1.82) is 0 Å². The predicted molar refractivity (Wildman–Crippen MR) is 115 cm³/mol. The van der Waals surface area contributed by atoms with Crippen LogP contribution in [-0.4, -0.2) is 57.4 Å². The predicted octanol–water partition coefficient (Wildman–Crippen LogP) is 4.00. The van der Waals surface area contributed by atoms with Gasteiger partial charge in [-0.1, -0.05) is 18.2 Å². The number of halogens is 1. The van der Waals surface area contributed by atoms with Gasteiger partial charge in [-0.05, 0) is 44.2 Å². The van der Waals surface area contributed by atoms with Crippen molar-refractivity contribution < 1.29 is 9.47 Å². The van der Waals surface area contributed by atoms with Gasteiger partial charge in [-0.15, -0.1) is 24.0 Å². The Morgan fingerprint density at radius 2 is 1.80 bits per heavy atom. The Balaban J connectivity index is 0.00000312. The third-order valence-corrected chi connectivity index (χ3v) is 4.08. The van der Waals surface area contributed by atoms with Gasteiger partial charge in [0.15, 0.2) is 5.96 Å². The zero-order valence-electron chi connectivity index (χ0n) is 15.3. The molecule has 1 heterocycles. The number of anilines is 1. The van der Waals surface area contributed by atoms with Crippen molar-refractivity contribution in [2.75, 3.05) is 51.9 Å². The summed E-state index contributed by atoms with van der Waals surface area (Å²) in [5, 5.41) is 3.50. The van der Waals surface area contributed by atoms with Crippen LogP contribution in [0.1, 0.15) is 32.1 Å². The van der Waals surface area contributed by atoms with Gasteiger partial charge in [0.2, 0.25) is 0 Å². The first kappa shape index (κ1) is 22.2. The van der Waals surface area contributed by atoms with Crippen LogP contribution in [0.3, 0.4) is 0 Å². The molecule has 0 unspecified atom stereocenters. The maximum atomic E-state index is 5.49. The Hall–Kier alpha value is -0.860. The Bertz CT molecular complexity index is 465. The average molecular weight is 461 g/mol. The van der Waals surface area contributed by atoms with E-state index in [-0.39, 0.29) is 24.0 Å². The lowest BCUT2D eigenvalue weighted by Crippen LogP contribution is -2.40. The number of piperidine rings is 1. The van der Waals surface area contributed by atoms with E-state index in [1.807, 2.05) is 18.2 Å². The lowest BCUT2D eigenvalue weighted by atomic mass is 10.1. The van der Waals surface area contributed by atoms with Gasteiger partial charge < -0.3 is 19.7 Å². The minimum atomic E-state index is 0. The van der Waals surface area contributed by atoms with Gasteiger partial charge in [0.25, 0.3) is 0 Å². The molecule has 0 bridgehead atoms. The third kappa shape index (κ3) is 9.42. The van der Waals surface area contributed by atoms with E-state index >= 15 is 0 Å². The number of nitrogens with one attached hydrogen (secondary N) is 1. The highest BCUT2D eigenvalue weighted by Crippen LogP contribution is 2.12. The smallest absolute Gasteiger partial charge is 0.198 e. The molecule has 0 aromatic heterocycles. The number of para-hydroxylation sites is 1. The van der Waals surface area contributed by atoms with E-state index in [4.69, 9.17) is 14.5 Å². The highest BCUT2D eigenvalue weighted by molar-refractivity contribution is 14.0. The SMILES string of the molecule is COCCOCCCCN=C(Nc1ccccc1)N1CCCCC1.I. The highest BCUT2D eigenvalue weighted by atomic mass is 127. The standard InChI is InChI=1S/C19H31N3O2.HI/c1-23-16-17-24-15-9-6-12-20-19(22-13-7-3-8-14-22)21-18-10-4-2-5-11-18;/h2,4-5,10-11H,3,6-9,12-17H2,1H3,(H,20,21);1H. The number of hydrogen-bond acceptors (Lipinski definition) is 3. The first-order chi connectivity index (χ1) is 11.9. The first-order valence-electron chi connectivity index (χ1n) is 9.08. The molecule has 0 atom stereocenters. The van der Waals surface area contributed by atoms with Gasteiger partial charge in [0, 0.05) is 39.0 Å². The van der Waals surface area contributed by atoms with Gasteiger partial charge in [0.05, 0.1) is 13.2 Å². The van der Waals surface area contributed by atoms with Crippen LogP contribution < -0.4 is 5.32 Å². The number of hydrogen-bond donors (Lipinski definition) is 1. The Morgan fingerprint density at radius 3 is 2.52 bits per heavy atom. The van der Waals surface area contributed by atoms with Gasteiger partial charge in [0.1, 0.15) is 0 Å². The molecular formula is C19H32IN3O2. The normalized spacial score (nSPS) is 14.9. The zero-order valence-corrected chi connectivity index (χ0v) is 17.6. The van der Waals surface area contributed by atoms with E-state index in [2.05, 4.69) is 22.3 Å². The topological polar surface area (TPSA) is 46.1 Å². The van der Waals surface area contributed by atoms with Crippen LogP contribution in [0.25, 0.3) is 0 Å². The summed E-state index contributed by atoms with van der Waals surface area (Å²) in [5.74, 6) is 1.02. The average Bonchev–Trinajstić information content (AvgIpc) is 2.64. The van der Waals surface area contributed by atoms with Gasteiger partial charge in [-0.25, -0.2) is 0 Å². The molecule has 25 heavy (non-hydrogen) atoms. The zero-order chi connectivity index (χ0) is 16.9. The molecule has 1 N–H and O–H groups in total. The molecule has 0 spiro atoms. The van der Waals surface area contributed by atoms with Crippen molar-refractivity contribution in [3.05, 3.63) is 30.3 Å². The molecule has 1 aromatic rings. The van der Waals surface area contributed by atoms with Gasteiger partial charge in [-0.2, -0.15) is 0 Å². The number of rotatable bonds is 9. The summed E-state index contributed by atoms with van der Waals surface area (Å²) >= 11 is 0. The van der Waals surface area contributed by atoms with Crippen molar-refractivity contribution in [2.45, 2.75) is 32.1 Å². The molecule has 5 nitrogen and oxygen atoms in total. The van der Waals surface area contributed by atoms with E-state index in [0.29, 0.717) is 13.2 Å². The van der Waals surface area contributed by atoms with Crippen LogP contribution in [0, 0.1) is 0 Å². The lowest BCUT2D eigenvalue weighted by Gasteiger charge is -2.30. The second-order valence-corrected chi connectivity index (χ2v) is 6.06. The second-order valence-electron chi connectivity index (χ2n) is 6.06. The summed E-state index contributed by atoms with van der Waals surface area (Å²) in [6, 6.07) is 10.3. The van der Waals surface area contributed by atoms with E-state index in [1.165, 1.54) is 19.3 Å². The van der Waals surface area contributed by atoms with Crippen molar-refractivity contribution in [2.24, 2.45) is 4.99 Å². The van der Waals surface area contributed by atoms with Gasteiger partial charge >= 0.3 is 0 Å². The molecule has 1 fully saturated rings. The van der Waals surface area contributed by atoms with E-state index in [9.17, 15) is 0 Å². The molecule has 1 aliphatic heterocycles. The number of aliphatic imine (C=N–C) groups is 1. The summed E-state index contributed by atoms with van der Waals surface area (Å²) in [7, 11) is 1.69. The second kappa shape index (κ2) is 14.3. The monoisotopic (exact) mass is 461 g/mol. The van der Waals surface area contributed by atoms with Crippen molar-refractivity contribution >= 4 is 35.6 Å². The molecule has 2 rings (SSSR count). The Morgan fingerprint density at radius 1 is 1.04 bits per heavy atom. The number of guanidine groups is 1. The molecular weight excluding hydrogens is 429 g/mol. The fourth-order valence-corrected chi connectivity index (χ4v) is 2.72. The largest absolute Gasteiger partial charge is 0.382 e. The number of methoxy groups -OCH3 is 1. The number of benzene rings is 1. The highest BCUT2D eigenvalue weighted by Gasteiger charge is 2.14. The first-order valence-corrected chi connectivity index (χ1v) is 9.08. The molecule has 6 heteroatoms. The molecule has 142 valence electrons. The summed E-state index contributed by atoms with van der Waals surface area (Å²) in [6.45, 7) is 5.15. The molecule has 0 aliphatic carbocycles. The molecule has 0 amide bonds. The summed E-state index contributed by atoms with van der Waals surface area (Å²) in [6.07, 6.45) is 5.91. The number of ether oxygens (including phenoxy) is 2. The molecule has 0 saturated carbocycles. The van der Waals surface area contributed by atoms with Crippen molar-refractivity contribution in [3.63, 3.8) is 0 Å². The Kier molecular flexibility index (Phi) is 12.7. The number of unbranched alkanes of at least 4 members (excludes halogenated alkanes) is 1. The van der Waals surface area contributed by atoms with Crippen LogP contribution in [0.4, 0.5) is 5.69 Å². The Labute approximate surface area is 169 Å². The van der Waals surface area contributed by atoms with Crippen LogP contribution in [0.2, 0.25) is 0 Å². The van der Waals surface area contributed by atoms with Crippen LogP contribution in [-0.2, 0) is 9.47 Å². The van der Waals surface area contributed by atoms with E-state index in [0.717, 1.165) is 50.7 Å². The molecule has 1 aromatic carbocycles. The fraction of sp³-hybridized carbons (Fsp3) is 0.632. The fourth-order valence-electron chi connectivity index (χ4n) is 2.72. The molecule has 0 radical (unpaired) electrons. The number of likely N-dealkylation sites (tertiary alicyclic amines) is 1. The van der Waals surface area contributed by atoms with Crippen LogP contribution >= 0.6 is 24.0 Å². The van der Waals surface area contributed by atoms with Crippen LogP contribution in [0.15, 0.2) is 35.3 Å². The summed E-state index contributed by atoms with van der Waals surface area (Å²) in [4.78, 5) is 7.21. The van der Waals surface area contributed by atoms with E-state index in [1.54, 1.807) is 7.11 Å². The van der Waals surface area contributed by atoms with Gasteiger partial charge in [-0.3, -0.25) is 4.99 Å². The maximum absolute atomic E-state index is 5.49. The van der Waals surface area contributed by atoms with E-state index < -0.39 is 0 Å². The van der Waals surface area contributed by atoms with Crippen LogP contribution in [0.5, 0.6) is 0 Å². The lowest BCUT2D eigenvalue weighted by molar-refractivity contribution is 0.0690. The van der Waals surface area contributed by atoms with Crippen molar-refractivity contribution in [1.82, 2.24) is 4.90 Å². The molecule has 1 aliphatic rings. The summed E-state index contributed by atoms with van der Waals surface area (Å²) < 4.78 is 10.5. The minimum absolute atomic E-state index is 0. The van der Waals surface area contributed by atoms with Crippen molar-refractivity contribution in [3.8, 4) is 0 Å². The summed E-state index contributed by atoms with van der Waals surface area (Å²) in [5.41, 5.74) is 1.10. The molecule has 1 saturated heterocycles. The maximum Gasteiger partial charge on any atom is 0.198 e.